The van der Waals surface area contributed by atoms with E-state index < -0.39 is 35.8 Å². The van der Waals surface area contributed by atoms with Crippen molar-refractivity contribution < 1.29 is 29.4 Å². The predicted molar refractivity (Wildman–Crippen MR) is 109 cm³/mol. The molecule has 172 valence electrons. The fraction of sp³-hybridized carbons (Fsp3) is 0.375. The van der Waals surface area contributed by atoms with Crippen molar-refractivity contribution in [3.05, 3.63) is 36.4 Å². The Hall–Kier alpha value is -3.49. The van der Waals surface area contributed by atoms with E-state index in [0.29, 0.717) is 11.4 Å². The van der Waals surface area contributed by atoms with Gasteiger partial charge in [0.15, 0.2) is 0 Å². The van der Waals surface area contributed by atoms with Gasteiger partial charge in [-0.25, -0.2) is 19.6 Å². The first-order chi connectivity index (χ1) is 14.3. The highest BCUT2D eigenvalue weighted by atomic mass is 35.5. The molecule has 0 aromatic carbocycles. The van der Waals surface area contributed by atoms with Crippen LogP contribution in [0.4, 0.5) is 0 Å². The van der Waals surface area contributed by atoms with Gasteiger partial charge in [0.1, 0.15) is 12.1 Å². The van der Waals surface area contributed by atoms with Crippen LogP contribution in [0.3, 0.4) is 0 Å². The van der Waals surface area contributed by atoms with E-state index in [4.69, 9.17) is 21.7 Å². The maximum atomic E-state index is 10.9. The van der Waals surface area contributed by atoms with Crippen LogP contribution >= 0.6 is 12.4 Å². The zero-order valence-electron chi connectivity index (χ0n) is 16.3. The van der Waals surface area contributed by atoms with Gasteiger partial charge < -0.3 is 42.3 Å². The smallest absolute Gasteiger partial charge is 0.326 e. The maximum Gasteiger partial charge on any atom is 0.326 e. The molecule has 15 heteroatoms. The maximum absolute atomic E-state index is 10.9. The number of carboxylic acids is 2. The summed E-state index contributed by atoms with van der Waals surface area (Å²) < 4.78 is 0. The van der Waals surface area contributed by atoms with Crippen LogP contribution in [0.15, 0.2) is 25.0 Å². The van der Waals surface area contributed by atoms with Crippen LogP contribution < -0.4 is 22.1 Å². The first-order valence-electron chi connectivity index (χ1n) is 8.65. The molecule has 0 bridgehead atoms. The summed E-state index contributed by atoms with van der Waals surface area (Å²) in [6.07, 6.45) is 6.20. The fourth-order valence-electron chi connectivity index (χ4n) is 2.14. The number of nitrogens with zero attached hydrogens (tertiary/aromatic N) is 2. The molecule has 14 nitrogen and oxygen atoms in total. The molecule has 2 rings (SSSR count). The number of carbonyl (C=O) groups excluding carboxylic acids is 2. The molecular weight excluding hydrogens is 436 g/mol. The van der Waals surface area contributed by atoms with Gasteiger partial charge in [0.25, 0.3) is 0 Å². The normalized spacial score (nSPS) is 11.7. The van der Waals surface area contributed by atoms with E-state index in [1.807, 2.05) is 0 Å². The topological polar surface area (TPSA) is 242 Å². The molecule has 0 radical (unpaired) electrons. The molecule has 2 atom stereocenters. The Bertz CT molecular complexity index is 746. The number of nitrogens with one attached hydrogen (secondary N) is 4. The second kappa shape index (κ2) is 14.5. The van der Waals surface area contributed by atoms with E-state index in [1.54, 1.807) is 0 Å². The molecule has 0 saturated heterocycles. The molecule has 2 aromatic rings. The van der Waals surface area contributed by atoms with Crippen molar-refractivity contribution in [2.24, 2.45) is 11.5 Å². The molecule has 2 heterocycles. The first-order valence-corrected chi connectivity index (χ1v) is 8.65. The molecule has 0 aliphatic carbocycles. The van der Waals surface area contributed by atoms with E-state index in [0.717, 1.165) is 0 Å². The number of rotatable bonds is 10. The summed E-state index contributed by atoms with van der Waals surface area (Å²) in [5.74, 6) is -3.21. The van der Waals surface area contributed by atoms with Gasteiger partial charge in [-0.05, 0) is 0 Å². The van der Waals surface area contributed by atoms with Gasteiger partial charge in [0, 0.05) is 36.6 Å². The van der Waals surface area contributed by atoms with Crippen molar-refractivity contribution in [2.75, 3.05) is 13.1 Å². The van der Waals surface area contributed by atoms with Crippen molar-refractivity contribution >= 4 is 36.2 Å². The lowest BCUT2D eigenvalue weighted by molar-refractivity contribution is -0.142. The number of aromatic nitrogens is 4. The number of aromatic amines is 2. The summed E-state index contributed by atoms with van der Waals surface area (Å²) in [7, 11) is 0. The third kappa shape index (κ3) is 10.7. The number of carbonyl (C=O) groups is 4. The molecule has 2 amide bonds. The molecular formula is C16H25ClN8O6. The Morgan fingerprint density at radius 1 is 0.839 bits per heavy atom. The zero-order valence-corrected chi connectivity index (χ0v) is 17.1. The van der Waals surface area contributed by atoms with Crippen LogP contribution in [-0.4, -0.2) is 79.1 Å². The minimum atomic E-state index is -1.11. The van der Waals surface area contributed by atoms with Crippen LogP contribution in [0, 0.1) is 0 Å². The highest BCUT2D eigenvalue weighted by molar-refractivity contribution is 5.85. The number of carboxylic acid groups (broad SMARTS) is 2. The van der Waals surface area contributed by atoms with E-state index >= 15 is 0 Å². The van der Waals surface area contributed by atoms with Gasteiger partial charge in [-0.2, -0.15) is 0 Å². The van der Waals surface area contributed by atoms with E-state index in [9.17, 15) is 19.2 Å². The van der Waals surface area contributed by atoms with Crippen LogP contribution in [-0.2, 0) is 32.0 Å². The van der Waals surface area contributed by atoms with Gasteiger partial charge in [-0.3, -0.25) is 9.59 Å². The molecule has 0 unspecified atom stereocenters. The number of hydrogen-bond acceptors (Lipinski definition) is 8. The van der Waals surface area contributed by atoms with Gasteiger partial charge in [-0.15, -0.1) is 12.4 Å². The summed E-state index contributed by atoms with van der Waals surface area (Å²) in [5, 5.41) is 22.2. The number of amides is 2. The van der Waals surface area contributed by atoms with Crippen molar-refractivity contribution in [1.82, 2.24) is 30.6 Å². The third-order valence-electron chi connectivity index (χ3n) is 3.60. The summed E-state index contributed by atoms with van der Waals surface area (Å²) in [4.78, 5) is 56.4. The van der Waals surface area contributed by atoms with Gasteiger partial charge >= 0.3 is 11.9 Å². The Kier molecular flexibility index (Phi) is 12.9. The van der Waals surface area contributed by atoms with Crippen LogP contribution in [0.5, 0.6) is 0 Å². The monoisotopic (exact) mass is 460 g/mol. The summed E-state index contributed by atoms with van der Waals surface area (Å²) >= 11 is 0. The average molecular weight is 461 g/mol. The van der Waals surface area contributed by atoms with E-state index in [2.05, 4.69) is 30.6 Å². The number of aliphatic carboxylic acids is 2. The molecule has 31 heavy (non-hydrogen) atoms. The molecule has 0 aliphatic rings. The second-order valence-electron chi connectivity index (χ2n) is 5.89. The standard InChI is InChI=1S/2C8H12N4O3.ClH/c2*9-2-7(13)12-6(8(14)15)1-5-3-10-4-11-5;/h2*3-4,6H,1-2,9H2,(H,10,11)(H,12,13)(H,14,15);1H/t2*6-;/m00./s1. The van der Waals surface area contributed by atoms with Crippen molar-refractivity contribution in [2.45, 2.75) is 24.9 Å². The lowest BCUT2D eigenvalue weighted by atomic mass is 10.1. The lowest BCUT2D eigenvalue weighted by Gasteiger charge is -2.12. The summed E-state index contributed by atoms with van der Waals surface area (Å²) in [5.41, 5.74) is 11.4. The highest BCUT2D eigenvalue weighted by Crippen LogP contribution is 1.99. The van der Waals surface area contributed by atoms with Crippen LogP contribution in [0.25, 0.3) is 0 Å². The third-order valence-corrected chi connectivity index (χ3v) is 3.60. The summed E-state index contributed by atoms with van der Waals surface area (Å²) in [6.45, 7) is -0.459. The quantitative estimate of drug-likeness (QED) is 0.183. The Balaban J connectivity index is 0.000000562. The second-order valence-corrected chi connectivity index (χ2v) is 5.89. The van der Waals surface area contributed by atoms with Gasteiger partial charge in [0.2, 0.25) is 11.8 Å². The van der Waals surface area contributed by atoms with Crippen molar-refractivity contribution in [3.8, 4) is 0 Å². The number of H-pyrrole nitrogens is 2. The molecule has 2 aromatic heterocycles. The minimum absolute atomic E-state index is 0. The molecule has 0 spiro atoms. The molecule has 0 fully saturated rings. The van der Waals surface area contributed by atoms with Crippen molar-refractivity contribution in [3.63, 3.8) is 0 Å². The largest absolute Gasteiger partial charge is 0.480 e. The Morgan fingerprint density at radius 3 is 1.42 bits per heavy atom. The molecule has 0 aliphatic heterocycles. The van der Waals surface area contributed by atoms with E-state index in [1.165, 1.54) is 25.0 Å². The fourth-order valence-corrected chi connectivity index (χ4v) is 2.14. The Morgan fingerprint density at radius 2 is 1.19 bits per heavy atom. The molecule has 0 saturated carbocycles. The van der Waals surface area contributed by atoms with Crippen molar-refractivity contribution in [1.29, 1.82) is 0 Å². The number of imidazole rings is 2. The van der Waals surface area contributed by atoms with E-state index in [-0.39, 0.29) is 38.3 Å². The Labute approximate surface area is 182 Å². The van der Waals surface area contributed by atoms with Gasteiger partial charge in [0.05, 0.1) is 25.7 Å². The summed E-state index contributed by atoms with van der Waals surface area (Å²) in [6, 6.07) is -1.97. The average Bonchev–Trinajstić information content (AvgIpc) is 3.41. The molecule has 10 N–H and O–H groups in total. The number of hydrogen-bond donors (Lipinski definition) is 8. The SMILES string of the molecule is Cl.NCC(=O)N[C@@H](Cc1cnc[nH]1)C(=O)O.NCC(=O)N[C@@H](Cc1cnc[nH]1)C(=O)O. The predicted octanol–water partition coefficient (Wildman–Crippen LogP) is -2.62. The van der Waals surface area contributed by atoms with Crippen LogP contribution in [0.2, 0.25) is 0 Å². The lowest BCUT2D eigenvalue weighted by Crippen LogP contribution is -2.44. The minimum Gasteiger partial charge on any atom is -0.480 e. The van der Waals surface area contributed by atoms with Gasteiger partial charge in [-0.1, -0.05) is 0 Å². The number of nitrogens with two attached hydrogens (primary N) is 2. The van der Waals surface area contributed by atoms with Crippen LogP contribution in [0.1, 0.15) is 11.4 Å². The zero-order chi connectivity index (χ0) is 22.5. The first kappa shape index (κ1) is 27.5. The highest BCUT2D eigenvalue weighted by Gasteiger charge is 2.21. The number of halogens is 1.